The van der Waals surface area contributed by atoms with Crippen LogP contribution in [0.15, 0.2) is 0 Å². The molecule has 1 aliphatic carbocycles. The van der Waals surface area contributed by atoms with E-state index in [9.17, 15) is 9.59 Å². The molecule has 2 fully saturated rings. The second-order valence-electron chi connectivity index (χ2n) is 5.95. The third-order valence-electron chi connectivity index (χ3n) is 3.27. The Morgan fingerprint density at radius 2 is 1.94 bits per heavy atom. The highest BCUT2D eigenvalue weighted by atomic mass is 16.6. The zero-order valence-electron chi connectivity index (χ0n) is 11.4. The van der Waals surface area contributed by atoms with Gasteiger partial charge >= 0.3 is 12.1 Å². The third kappa shape index (κ3) is 2.60. The van der Waals surface area contributed by atoms with E-state index in [1.165, 1.54) is 0 Å². The van der Waals surface area contributed by atoms with Crippen LogP contribution < -0.4 is 0 Å². The van der Waals surface area contributed by atoms with Gasteiger partial charge in [-0.05, 0) is 46.5 Å². The number of likely N-dealkylation sites (tertiary alicyclic amines) is 1. The van der Waals surface area contributed by atoms with Gasteiger partial charge < -0.3 is 9.47 Å². The monoisotopic (exact) mass is 255 g/mol. The third-order valence-corrected chi connectivity index (χ3v) is 3.27. The summed E-state index contributed by atoms with van der Waals surface area (Å²) in [6, 6.07) is -0.280. The van der Waals surface area contributed by atoms with Crippen LogP contribution in [0.3, 0.4) is 0 Å². The van der Waals surface area contributed by atoms with Crippen molar-refractivity contribution in [3.8, 4) is 0 Å². The number of amides is 1. The van der Waals surface area contributed by atoms with Gasteiger partial charge in [0.2, 0.25) is 0 Å². The van der Waals surface area contributed by atoms with Gasteiger partial charge in [0.25, 0.3) is 0 Å². The van der Waals surface area contributed by atoms with E-state index in [0.29, 0.717) is 18.9 Å². The summed E-state index contributed by atoms with van der Waals surface area (Å²) in [4.78, 5) is 25.5. The number of nitrogens with zero attached hydrogens (tertiary/aromatic N) is 1. The molecule has 0 radical (unpaired) electrons. The summed E-state index contributed by atoms with van der Waals surface area (Å²) in [6.07, 6.45) is 1.29. The van der Waals surface area contributed by atoms with Crippen molar-refractivity contribution in [3.63, 3.8) is 0 Å². The Balaban J connectivity index is 2.04. The maximum atomic E-state index is 12.1. The first-order chi connectivity index (χ1) is 8.33. The van der Waals surface area contributed by atoms with Crippen LogP contribution in [0.25, 0.3) is 0 Å². The fraction of sp³-hybridized carbons (Fsp3) is 0.846. The van der Waals surface area contributed by atoms with Gasteiger partial charge in [-0.3, -0.25) is 4.90 Å². The maximum absolute atomic E-state index is 12.1. The standard InChI is InChI=1S/C13H21NO4/c1-5-17-11(15)10-7-8-6-9(8)14(10)12(16)18-13(2,3)4/h8-10H,5-7H2,1-4H3/t8-,9-,10+/m1/s1. The topological polar surface area (TPSA) is 55.8 Å². The zero-order valence-corrected chi connectivity index (χ0v) is 11.4. The minimum absolute atomic E-state index is 0.175. The molecule has 0 aromatic heterocycles. The van der Waals surface area contributed by atoms with Crippen molar-refractivity contribution >= 4 is 12.1 Å². The maximum Gasteiger partial charge on any atom is 0.411 e. The molecule has 5 nitrogen and oxygen atoms in total. The van der Waals surface area contributed by atoms with Crippen LogP contribution in [-0.2, 0) is 14.3 Å². The van der Waals surface area contributed by atoms with Crippen molar-refractivity contribution in [2.75, 3.05) is 6.61 Å². The second-order valence-corrected chi connectivity index (χ2v) is 5.95. The van der Waals surface area contributed by atoms with Crippen LogP contribution in [0.5, 0.6) is 0 Å². The SMILES string of the molecule is CCOC(=O)[C@@H]1C[C@H]2C[C@H]2N1C(=O)OC(C)(C)C. The van der Waals surface area contributed by atoms with Crippen LogP contribution in [0.4, 0.5) is 4.79 Å². The Morgan fingerprint density at radius 1 is 1.28 bits per heavy atom. The summed E-state index contributed by atoms with van der Waals surface area (Å²) >= 11 is 0. The molecule has 0 unspecified atom stereocenters. The van der Waals surface area contributed by atoms with E-state index in [0.717, 1.165) is 6.42 Å². The summed E-state index contributed by atoms with van der Waals surface area (Å²) < 4.78 is 10.4. The molecule has 3 atom stereocenters. The van der Waals surface area contributed by atoms with Crippen molar-refractivity contribution in [1.82, 2.24) is 4.90 Å². The highest BCUT2D eigenvalue weighted by Gasteiger charge is 2.57. The van der Waals surface area contributed by atoms with Gasteiger partial charge in [-0.2, -0.15) is 0 Å². The lowest BCUT2D eigenvalue weighted by Gasteiger charge is -2.29. The highest BCUT2D eigenvalue weighted by molar-refractivity contribution is 5.83. The number of esters is 1. The normalized spacial score (nSPS) is 29.8. The van der Waals surface area contributed by atoms with Gasteiger partial charge in [-0.1, -0.05) is 0 Å². The lowest BCUT2D eigenvalue weighted by atomic mass is 10.1. The molecule has 1 aliphatic heterocycles. The molecule has 18 heavy (non-hydrogen) atoms. The lowest BCUT2D eigenvalue weighted by molar-refractivity contribution is -0.148. The van der Waals surface area contributed by atoms with Crippen LogP contribution in [-0.4, -0.2) is 41.3 Å². The summed E-state index contributed by atoms with van der Waals surface area (Å²) in [6.45, 7) is 7.58. The molecule has 1 saturated heterocycles. The minimum atomic E-state index is -0.538. The van der Waals surface area contributed by atoms with E-state index in [-0.39, 0.29) is 12.0 Å². The predicted molar refractivity (Wildman–Crippen MR) is 65.0 cm³/mol. The summed E-state index contributed by atoms with van der Waals surface area (Å²) in [5.41, 5.74) is -0.538. The first-order valence-electron chi connectivity index (χ1n) is 6.51. The number of carbonyl (C=O) groups is 2. The average Bonchev–Trinajstić information content (AvgIpc) is 2.86. The largest absolute Gasteiger partial charge is 0.464 e. The van der Waals surface area contributed by atoms with Gasteiger partial charge in [-0.15, -0.1) is 0 Å². The van der Waals surface area contributed by atoms with E-state index in [1.54, 1.807) is 11.8 Å². The smallest absolute Gasteiger partial charge is 0.411 e. The molecule has 0 bridgehead atoms. The highest BCUT2D eigenvalue weighted by Crippen LogP contribution is 2.48. The summed E-state index contributed by atoms with van der Waals surface area (Å²) in [5.74, 6) is 0.141. The second kappa shape index (κ2) is 4.44. The number of rotatable bonds is 2. The molecule has 0 spiro atoms. The van der Waals surface area contributed by atoms with E-state index >= 15 is 0 Å². The number of fused-ring (bicyclic) bond motifs is 1. The van der Waals surface area contributed by atoms with Crippen molar-refractivity contribution in [2.45, 2.75) is 58.2 Å². The Labute approximate surface area is 107 Å². The van der Waals surface area contributed by atoms with Gasteiger partial charge in [0.15, 0.2) is 0 Å². The molecular formula is C13H21NO4. The number of ether oxygens (including phenoxy) is 2. The van der Waals surface area contributed by atoms with E-state index in [2.05, 4.69) is 0 Å². The Kier molecular flexibility index (Phi) is 3.25. The molecule has 1 saturated carbocycles. The molecule has 0 aromatic rings. The van der Waals surface area contributed by atoms with Gasteiger partial charge in [-0.25, -0.2) is 9.59 Å². The zero-order chi connectivity index (χ0) is 13.5. The fourth-order valence-corrected chi connectivity index (χ4v) is 2.48. The Hall–Kier alpha value is -1.26. The fourth-order valence-electron chi connectivity index (χ4n) is 2.48. The molecule has 2 aliphatic rings. The molecule has 1 heterocycles. The lowest BCUT2D eigenvalue weighted by Crippen LogP contribution is -2.46. The first-order valence-corrected chi connectivity index (χ1v) is 6.51. The molecule has 5 heteroatoms. The Bertz CT molecular complexity index is 360. The molecule has 1 amide bonds. The minimum Gasteiger partial charge on any atom is -0.464 e. The van der Waals surface area contributed by atoms with Crippen molar-refractivity contribution in [1.29, 1.82) is 0 Å². The number of piperidine rings is 1. The molecule has 102 valence electrons. The molecular weight excluding hydrogens is 234 g/mol. The number of carbonyl (C=O) groups excluding carboxylic acids is 2. The van der Waals surface area contributed by atoms with Crippen LogP contribution in [0.2, 0.25) is 0 Å². The first kappa shape index (κ1) is 13.2. The van der Waals surface area contributed by atoms with Crippen LogP contribution in [0.1, 0.15) is 40.5 Å². The summed E-state index contributed by atoms with van der Waals surface area (Å²) in [7, 11) is 0. The number of hydrogen-bond acceptors (Lipinski definition) is 4. The van der Waals surface area contributed by atoms with Gasteiger partial charge in [0.05, 0.1) is 6.61 Å². The van der Waals surface area contributed by atoms with E-state index in [4.69, 9.17) is 9.47 Å². The van der Waals surface area contributed by atoms with Gasteiger partial charge in [0.1, 0.15) is 11.6 Å². The quantitative estimate of drug-likeness (QED) is 0.708. The predicted octanol–water partition coefficient (Wildman–Crippen LogP) is 1.95. The Morgan fingerprint density at radius 3 is 2.50 bits per heavy atom. The van der Waals surface area contributed by atoms with Crippen LogP contribution >= 0.6 is 0 Å². The van der Waals surface area contributed by atoms with Crippen molar-refractivity contribution in [3.05, 3.63) is 0 Å². The molecule has 0 aromatic carbocycles. The molecule has 2 rings (SSSR count). The number of hydrogen-bond donors (Lipinski definition) is 0. The van der Waals surface area contributed by atoms with E-state index < -0.39 is 17.7 Å². The molecule has 0 N–H and O–H groups in total. The average molecular weight is 255 g/mol. The van der Waals surface area contributed by atoms with Crippen molar-refractivity contribution < 1.29 is 19.1 Å². The van der Waals surface area contributed by atoms with E-state index in [1.807, 2.05) is 20.8 Å². The summed E-state index contributed by atoms with van der Waals surface area (Å²) in [5, 5.41) is 0. The van der Waals surface area contributed by atoms with Gasteiger partial charge in [0, 0.05) is 6.04 Å². The van der Waals surface area contributed by atoms with Crippen LogP contribution in [0, 0.1) is 5.92 Å². The van der Waals surface area contributed by atoms with Crippen molar-refractivity contribution in [2.24, 2.45) is 5.92 Å².